The number of rotatable bonds is 5. The van der Waals surface area contributed by atoms with E-state index in [2.05, 4.69) is 17.6 Å². The van der Waals surface area contributed by atoms with Gasteiger partial charge in [-0.15, -0.1) is 0 Å². The van der Waals surface area contributed by atoms with Crippen LogP contribution in [-0.2, 0) is 0 Å². The highest BCUT2D eigenvalue weighted by Gasteiger charge is 2.12. The fraction of sp³-hybridized carbons (Fsp3) is 0.176. The van der Waals surface area contributed by atoms with Crippen LogP contribution in [0.1, 0.15) is 22.5 Å². The summed E-state index contributed by atoms with van der Waals surface area (Å²) in [4.78, 5) is 4.26. The molecule has 0 saturated carbocycles. The summed E-state index contributed by atoms with van der Waals surface area (Å²) >= 11 is 0. The molecule has 1 aromatic heterocycles. The van der Waals surface area contributed by atoms with Gasteiger partial charge in [-0.25, -0.2) is 4.99 Å². The number of nitrogens with zero attached hydrogens (tertiary/aromatic N) is 2. The molecule has 2 aromatic rings. The van der Waals surface area contributed by atoms with Crippen LogP contribution in [-0.4, -0.2) is 12.8 Å². The van der Waals surface area contributed by atoms with Crippen molar-refractivity contribution in [3.05, 3.63) is 59.4 Å². The van der Waals surface area contributed by atoms with E-state index in [0.717, 1.165) is 16.9 Å². The molecule has 0 N–H and O–H groups in total. The zero-order valence-corrected chi connectivity index (χ0v) is 12.1. The largest absolute Gasteiger partial charge is 0.490 e. The minimum Gasteiger partial charge on any atom is -0.490 e. The van der Waals surface area contributed by atoms with Crippen molar-refractivity contribution in [2.45, 2.75) is 13.8 Å². The molecule has 0 amide bonds. The molecule has 0 bridgehead atoms. The topological polar surface area (TPSA) is 58.5 Å². The van der Waals surface area contributed by atoms with E-state index >= 15 is 0 Å². The Morgan fingerprint density at radius 2 is 2.24 bits per heavy atom. The first-order chi connectivity index (χ1) is 10.2. The summed E-state index contributed by atoms with van der Waals surface area (Å²) in [6.07, 6.45) is 3.34. The van der Waals surface area contributed by atoms with Gasteiger partial charge >= 0.3 is 0 Å². The second-order valence-electron chi connectivity index (χ2n) is 4.51. The number of aliphatic imine (C=N–C) groups is 1. The lowest BCUT2D eigenvalue weighted by atomic mass is 10.2. The third-order valence-corrected chi connectivity index (χ3v) is 3.04. The van der Waals surface area contributed by atoms with Gasteiger partial charge in [0.15, 0.2) is 0 Å². The Labute approximate surface area is 124 Å². The van der Waals surface area contributed by atoms with Crippen LogP contribution >= 0.6 is 0 Å². The Hall–Kier alpha value is -2.80. The highest BCUT2D eigenvalue weighted by molar-refractivity contribution is 5.82. The predicted molar refractivity (Wildman–Crippen MR) is 82.3 cm³/mol. The van der Waals surface area contributed by atoms with E-state index in [9.17, 15) is 0 Å². The molecular weight excluding hydrogens is 264 g/mol. The van der Waals surface area contributed by atoms with E-state index in [1.807, 2.05) is 38.1 Å². The zero-order valence-electron chi connectivity index (χ0n) is 12.1. The molecular formula is C17H16N2O2. The van der Waals surface area contributed by atoms with Crippen molar-refractivity contribution >= 4 is 12.1 Å². The van der Waals surface area contributed by atoms with E-state index in [1.165, 1.54) is 0 Å². The van der Waals surface area contributed by atoms with Gasteiger partial charge in [-0.3, -0.25) is 0 Å². The van der Waals surface area contributed by atoms with Crippen LogP contribution in [0.3, 0.4) is 0 Å². The highest BCUT2D eigenvalue weighted by atomic mass is 16.5. The Morgan fingerprint density at radius 3 is 2.95 bits per heavy atom. The smallest absolute Gasteiger partial charge is 0.237 e. The molecule has 1 aromatic carbocycles. The number of aryl methyl sites for hydroxylation is 1. The van der Waals surface area contributed by atoms with Crippen molar-refractivity contribution in [1.82, 2.24) is 0 Å². The number of hydrogen-bond acceptors (Lipinski definition) is 4. The van der Waals surface area contributed by atoms with Crippen LogP contribution in [0.2, 0.25) is 0 Å². The Kier molecular flexibility index (Phi) is 4.57. The van der Waals surface area contributed by atoms with Gasteiger partial charge in [0, 0.05) is 11.8 Å². The lowest BCUT2D eigenvalue weighted by molar-refractivity contribution is 0.363. The summed E-state index contributed by atoms with van der Waals surface area (Å²) in [6.45, 7) is 7.73. The van der Waals surface area contributed by atoms with Gasteiger partial charge < -0.3 is 9.15 Å². The molecule has 0 aliphatic carbocycles. The molecule has 4 nitrogen and oxygen atoms in total. The second kappa shape index (κ2) is 6.58. The van der Waals surface area contributed by atoms with Crippen molar-refractivity contribution < 1.29 is 9.15 Å². The SMILES string of the molecule is C=CCOc1cccc(C=Nc2oc(C)c(C)c2C#N)c1. The molecule has 0 fully saturated rings. The molecule has 0 radical (unpaired) electrons. The van der Waals surface area contributed by atoms with Crippen LogP contribution in [0, 0.1) is 25.2 Å². The van der Waals surface area contributed by atoms with E-state index in [1.54, 1.807) is 12.3 Å². The minimum absolute atomic E-state index is 0.338. The molecule has 1 heterocycles. The zero-order chi connectivity index (χ0) is 15.2. The first-order valence-electron chi connectivity index (χ1n) is 6.53. The maximum atomic E-state index is 9.14. The molecule has 106 valence electrons. The lowest BCUT2D eigenvalue weighted by Gasteiger charge is -2.03. The van der Waals surface area contributed by atoms with Crippen molar-refractivity contribution in [1.29, 1.82) is 5.26 Å². The van der Waals surface area contributed by atoms with Crippen LogP contribution in [0.5, 0.6) is 5.75 Å². The van der Waals surface area contributed by atoms with E-state index in [0.29, 0.717) is 23.8 Å². The molecule has 0 aliphatic rings. The quantitative estimate of drug-likeness (QED) is 0.612. The first-order valence-corrected chi connectivity index (χ1v) is 6.53. The number of benzene rings is 1. The fourth-order valence-electron chi connectivity index (χ4n) is 1.80. The van der Waals surface area contributed by atoms with Gasteiger partial charge in [0.2, 0.25) is 5.88 Å². The summed E-state index contributed by atoms with van der Waals surface area (Å²) in [5.74, 6) is 1.79. The highest BCUT2D eigenvalue weighted by Crippen LogP contribution is 2.27. The first kappa shape index (κ1) is 14.6. The van der Waals surface area contributed by atoms with Gasteiger partial charge in [-0.05, 0) is 31.5 Å². The minimum atomic E-state index is 0.338. The molecule has 0 saturated heterocycles. The number of nitriles is 1. The lowest BCUT2D eigenvalue weighted by Crippen LogP contribution is -1.93. The number of ether oxygens (including phenoxy) is 1. The number of hydrogen-bond donors (Lipinski definition) is 0. The maximum Gasteiger partial charge on any atom is 0.237 e. The van der Waals surface area contributed by atoms with Crippen LogP contribution in [0.25, 0.3) is 0 Å². The van der Waals surface area contributed by atoms with Crippen molar-refractivity contribution in [3.8, 4) is 11.8 Å². The Bertz CT molecular complexity index is 721. The van der Waals surface area contributed by atoms with Gasteiger partial charge in [0.1, 0.15) is 29.7 Å². The Balaban J connectivity index is 2.24. The molecule has 21 heavy (non-hydrogen) atoms. The molecule has 0 spiro atoms. The van der Waals surface area contributed by atoms with E-state index in [-0.39, 0.29) is 0 Å². The van der Waals surface area contributed by atoms with Crippen molar-refractivity contribution in [3.63, 3.8) is 0 Å². The van der Waals surface area contributed by atoms with Gasteiger partial charge in [-0.1, -0.05) is 24.8 Å². The van der Waals surface area contributed by atoms with Gasteiger partial charge in [-0.2, -0.15) is 5.26 Å². The molecule has 0 atom stereocenters. The fourth-order valence-corrected chi connectivity index (χ4v) is 1.80. The maximum absolute atomic E-state index is 9.14. The monoisotopic (exact) mass is 280 g/mol. The predicted octanol–water partition coefficient (Wildman–Crippen LogP) is 4.08. The summed E-state index contributed by atoms with van der Waals surface area (Å²) in [5, 5.41) is 9.14. The second-order valence-corrected chi connectivity index (χ2v) is 4.51. The normalized spacial score (nSPS) is 10.5. The molecule has 2 rings (SSSR count). The number of furan rings is 1. The summed E-state index contributed by atoms with van der Waals surface area (Å²) in [5.41, 5.74) is 2.17. The molecule has 4 heteroatoms. The molecule has 0 unspecified atom stereocenters. The van der Waals surface area contributed by atoms with E-state index in [4.69, 9.17) is 14.4 Å². The van der Waals surface area contributed by atoms with Crippen molar-refractivity contribution in [2.24, 2.45) is 4.99 Å². The third-order valence-electron chi connectivity index (χ3n) is 3.04. The van der Waals surface area contributed by atoms with Gasteiger partial charge in [0.25, 0.3) is 0 Å². The van der Waals surface area contributed by atoms with Gasteiger partial charge in [0.05, 0.1) is 0 Å². The Morgan fingerprint density at radius 1 is 1.43 bits per heavy atom. The summed E-state index contributed by atoms with van der Waals surface area (Å²) < 4.78 is 10.9. The summed E-state index contributed by atoms with van der Waals surface area (Å²) in [7, 11) is 0. The third kappa shape index (κ3) is 3.40. The standard InChI is InChI=1S/C17H16N2O2/c1-4-8-20-15-7-5-6-14(9-15)11-19-17-16(10-18)12(2)13(3)21-17/h4-7,9,11H,1,8H2,2-3H3. The molecule has 0 aliphatic heterocycles. The van der Waals surface area contributed by atoms with Crippen LogP contribution in [0.15, 0.2) is 46.3 Å². The summed E-state index contributed by atoms with van der Waals surface area (Å²) in [6, 6.07) is 9.62. The van der Waals surface area contributed by atoms with Crippen molar-refractivity contribution in [2.75, 3.05) is 6.61 Å². The van der Waals surface area contributed by atoms with Crippen LogP contribution < -0.4 is 4.74 Å². The van der Waals surface area contributed by atoms with Crippen LogP contribution in [0.4, 0.5) is 5.88 Å². The average molecular weight is 280 g/mol. The van der Waals surface area contributed by atoms with E-state index < -0.39 is 0 Å². The average Bonchev–Trinajstić information content (AvgIpc) is 2.78.